The van der Waals surface area contributed by atoms with Crippen LogP contribution >= 0.6 is 11.6 Å². The van der Waals surface area contributed by atoms with Gasteiger partial charge in [-0.2, -0.15) is 5.26 Å². The quantitative estimate of drug-likeness (QED) is 0.793. The summed E-state index contributed by atoms with van der Waals surface area (Å²) >= 11 is 6.48. The van der Waals surface area contributed by atoms with Gasteiger partial charge < -0.3 is 15.6 Å². The van der Waals surface area contributed by atoms with Crippen molar-refractivity contribution in [2.75, 3.05) is 5.32 Å². The molecule has 0 radical (unpaired) electrons. The van der Waals surface area contributed by atoms with Crippen LogP contribution in [0.5, 0.6) is 0 Å². The number of nitrogens with zero attached hydrogens (tertiary/aromatic N) is 3. The molecule has 4 rings (SSSR count). The van der Waals surface area contributed by atoms with Gasteiger partial charge in [0.15, 0.2) is 0 Å². The third-order valence-corrected chi connectivity index (χ3v) is 6.34. The van der Waals surface area contributed by atoms with Gasteiger partial charge in [0.1, 0.15) is 17.6 Å². The summed E-state index contributed by atoms with van der Waals surface area (Å²) in [5.41, 5.74) is 9.59. The van der Waals surface area contributed by atoms with Gasteiger partial charge in [0.2, 0.25) is 5.91 Å². The first-order valence-electron chi connectivity index (χ1n) is 10.1. The number of hydrogen-bond acceptors (Lipinski definition) is 4. The van der Waals surface area contributed by atoms with Crippen molar-refractivity contribution in [1.82, 2.24) is 9.55 Å². The molecule has 7 heteroatoms. The maximum Gasteiger partial charge on any atom is 0.228 e. The molecule has 1 saturated carbocycles. The SMILES string of the molecule is CC1(C)Cc2c(-c3cc(NC(=O)[C@H]4CCC[C@@H](N)C4)ncc3Cl)cc(C#N)n2C1. The van der Waals surface area contributed by atoms with E-state index >= 15 is 0 Å². The molecule has 2 aliphatic rings. The Morgan fingerprint density at radius 1 is 1.38 bits per heavy atom. The molecule has 0 spiro atoms. The van der Waals surface area contributed by atoms with E-state index in [1.165, 1.54) is 0 Å². The fraction of sp³-hybridized carbons (Fsp3) is 0.500. The van der Waals surface area contributed by atoms with E-state index in [4.69, 9.17) is 17.3 Å². The van der Waals surface area contributed by atoms with Crippen molar-refractivity contribution < 1.29 is 4.79 Å². The van der Waals surface area contributed by atoms with Gasteiger partial charge in [-0.25, -0.2) is 4.98 Å². The predicted molar refractivity (Wildman–Crippen MR) is 113 cm³/mol. The molecule has 1 aliphatic carbocycles. The Kier molecular flexibility index (Phi) is 5.14. The molecular weight excluding hydrogens is 386 g/mol. The molecular formula is C22H26ClN5O. The number of pyridine rings is 1. The van der Waals surface area contributed by atoms with Crippen molar-refractivity contribution in [3.8, 4) is 17.2 Å². The molecule has 1 fully saturated rings. The van der Waals surface area contributed by atoms with Crippen molar-refractivity contribution in [2.45, 2.75) is 58.5 Å². The molecule has 3 heterocycles. The number of aromatic nitrogens is 2. The molecule has 0 saturated heterocycles. The average Bonchev–Trinajstić information content (AvgIpc) is 3.16. The number of rotatable bonds is 3. The van der Waals surface area contributed by atoms with Gasteiger partial charge in [-0.3, -0.25) is 4.79 Å². The largest absolute Gasteiger partial charge is 0.335 e. The molecule has 0 unspecified atom stereocenters. The third-order valence-electron chi connectivity index (χ3n) is 6.04. The van der Waals surface area contributed by atoms with Crippen LogP contribution in [0.1, 0.15) is 50.9 Å². The lowest BCUT2D eigenvalue weighted by molar-refractivity contribution is -0.120. The van der Waals surface area contributed by atoms with Crippen molar-refractivity contribution in [3.63, 3.8) is 0 Å². The van der Waals surface area contributed by atoms with Gasteiger partial charge in [0, 0.05) is 41.5 Å². The Labute approximate surface area is 176 Å². The minimum absolute atomic E-state index is 0.0399. The van der Waals surface area contributed by atoms with Gasteiger partial charge in [-0.05, 0) is 43.2 Å². The van der Waals surface area contributed by atoms with E-state index in [0.29, 0.717) is 23.0 Å². The second-order valence-corrected chi connectivity index (χ2v) is 9.50. The van der Waals surface area contributed by atoms with E-state index in [2.05, 4.69) is 34.8 Å². The van der Waals surface area contributed by atoms with Crippen molar-refractivity contribution in [3.05, 3.63) is 34.7 Å². The highest BCUT2D eigenvalue weighted by Gasteiger charge is 2.33. The smallest absolute Gasteiger partial charge is 0.228 e. The number of halogens is 1. The van der Waals surface area contributed by atoms with E-state index in [1.54, 1.807) is 6.20 Å². The predicted octanol–water partition coefficient (Wildman–Crippen LogP) is 4.11. The van der Waals surface area contributed by atoms with Crippen LogP contribution in [-0.2, 0) is 17.8 Å². The van der Waals surface area contributed by atoms with Crippen molar-refractivity contribution in [1.29, 1.82) is 5.26 Å². The number of nitrogens with two attached hydrogens (primary N) is 1. The minimum Gasteiger partial charge on any atom is -0.335 e. The minimum atomic E-state index is -0.0793. The summed E-state index contributed by atoms with van der Waals surface area (Å²) < 4.78 is 2.08. The molecule has 2 aromatic heterocycles. The van der Waals surface area contributed by atoms with E-state index in [1.807, 2.05) is 12.1 Å². The molecule has 1 amide bonds. The Morgan fingerprint density at radius 2 is 2.17 bits per heavy atom. The first-order valence-corrected chi connectivity index (χ1v) is 10.5. The van der Waals surface area contributed by atoms with Gasteiger partial charge in [-0.15, -0.1) is 0 Å². The number of amides is 1. The number of hydrogen-bond donors (Lipinski definition) is 2. The summed E-state index contributed by atoms with van der Waals surface area (Å²) in [5, 5.41) is 13.0. The average molecular weight is 412 g/mol. The van der Waals surface area contributed by atoms with Crippen molar-refractivity contribution >= 4 is 23.3 Å². The summed E-state index contributed by atoms with van der Waals surface area (Å²) in [5.74, 6) is 0.357. The topological polar surface area (TPSA) is 96.7 Å². The molecule has 2 aromatic rings. The highest BCUT2D eigenvalue weighted by atomic mass is 35.5. The summed E-state index contributed by atoms with van der Waals surface area (Å²) in [6, 6.07) is 6.08. The maximum absolute atomic E-state index is 12.7. The van der Waals surface area contributed by atoms with E-state index in [0.717, 1.165) is 49.0 Å². The zero-order chi connectivity index (χ0) is 20.8. The number of nitriles is 1. The van der Waals surface area contributed by atoms with Crippen LogP contribution in [0.15, 0.2) is 18.3 Å². The molecule has 2 atom stereocenters. The Morgan fingerprint density at radius 3 is 2.90 bits per heavy atom. The lowest BCUT2D eigenvalue weighted by atomic mass is 9.85. The molecule has 1 aliphatic heterocycles. The maximum atomic E-state index is 12.7. The zero-order valence-electron chi connectivity index (χ0n) is 16.8. The number of fused-ring (bicyclic) bond motifs is 1. The first kappa shape index (κ1) is 19.9. The monoisotopic (exact) mass is 411 g/mol. The Bertz CT molecular complexity index is 1000. The summed E-state index contributed by atoms with van der Waals surface area (Å²) in [4.78, 5) is 17.0. The van der Waals surface area contributed by atoms with Gasteiger partial charge in [0.25, 0.3) is 0 Å². The van der Waals surface area contributed by atoms with Crippen LogP contribution in [0.3, 0.4) is 0 Å². The highest BCUT2D eigenvalue weighted by molar-refractivity contribution is 6.33. The summed E-state index contributed by atoms with van der Waals surface area (Å²) in [7, 11) is 0. The zero-order valence-corrected chi connectivity index (χ0v) is 17.6. The molecule has 6 nitrogen and oxygen atoms in total. The fourth-order valence-electron chi connectivity index (χ4n) is 4.63. The molecule has 152 valence electrons. The summed E-state index contributed by atoms with van der Waals surface area (Å²) in [6.45, 7) is 5.19. The fourth-order valence-corrected chi connectivity index (χ4v) is 4.84. The van der Waals surface area contributed by atoms with E-state index < -0.39 is 0 Å². The number of nitrogens with one attached hydrogen (secondary N) is 1. The molecule has 0 bridgehead atoms. The van der Waals surface area contributed by atoms with Crippen molar-refractivity contribution in [2.24, 2.45) is 17.1 Å². The molecule has 3 N–H and O–H groups in total. The lowest BCUT2D eigenvalue weighted by Crippen LogP contribution is -2.34. The second kappa shape index (κ2) is 7.47. The second-order valence-electron chi connectivity index (χ2n) is 9.09. The van der Waals surface area contributed by atoms with Crippen LogP contribution in [0.2, 0.25) is 5.02 Å². The van der Waals surface area contributed by atoms with Gasteiger partial charge in [0.05, 0.1) is 5.02 Å². The number of carbonyl (C=O) groups excluding carboxylic acids is 1. The van der Waals surface area contributed by atoms with Crippen LogP contribution in [0.25, 0.3) is 11.1 Å². The normalized spacial score (nSPS) is 22.7. The third kappa shape index (κ3) is 3.90. The number of carbonyl (C=O) groups is 1. The Balaban J connectivity index is 1.64. The van der Waals surface area contributed by atoms with Crippen LogP contribution in [0.4, 0.5) is 5.82 Å². The van der Waals surface area contributed by atoms with Gasteiger partial charge >= 0.3 is 0 Å². The van der Waals surface area contributed by atoms with Crippen LogP contribution in [-0.4, -0.2) is 21.5 Å². The Hall–Kier alpha value is -2.36. The number of anilines is 1. The van der Waals surface area contributed by atoms with Gasteiger partial charge in [-0.1, -0.05) is 31.9 Å². The molecule has 0 aromatic carbocycles. The van der Waals surface area contributed by atoms with Crippen LogP contribution in [0, 0.1) is 22.7 Å². The summed E-state index contributed by atoms with van der Waals surface area (Å²) in [6.07, 6.45) is 5.94. The van der Waals surface area contributed by atoms with Crippen LogP contribution < -0.4 is 11.1 Å². The molecule has 29 heavy (non-hydrogen) atoms. The lowest BCUT2D eigenvalue weighted by Gasteiger charge is -2.25. The first-order chi connectivity index (χ1) is 13.8. The van der Waals surface area contributed by atoms with E-state index in [-0.39, 0.29) is 23.3 Å². The van der Waals surface area contributed by atoms with E-state index in [9.17, 15) is 10.1 Å². The standard InChI is InChI=1S/C22H26ClN5O/c1-22(2)9-19-17(7-15(10-24)28(19)12-22)16-8-20(26-11-18(16)23)27-21(29)13-4-3-5-14(25)6-13/h7-8,11,13-14H,3-6,9,12,25H2,1-2H3,(H,26,27,29)/t13-,14+/m0/s1. The highest BCUT2D eigenvalue weighted by Crippen LogP contribution is 2.42.